The Kier molecular flexibility index (Phi) is 6.93. The summed E-state index contributed by atoms with van der Waals surface area (Å²) in [7, 11) is 0.841. The second-order valence-electron chi connectivity index (χ2n) is 5.87. The monoisotopic (exact) mass is 400 g/mol. The maximum absolute atomic E-state index is 12.3. The average Bonchev–Trinajstić information content (AvgIpc) is 2.70. The molecule has 0 aliphatic rings. The number of ketones is 1. The molecule has 2 aromatic carbocycles. The van der Waals surface area contributed by atoms with Crippen molar-refractivity contribution in [1.82, 2.24) is 4.31 Å². The SMILES string of the molecule is COc1cc(C=CC(=O)c2ccc(S(=O)(=O)N(C)C)cc2)ccc1OCC#N. The van der Waals surface area contributed by atoms with Crippen molar-refractivity contribution >= 4 is 21.9 Å². The highest BCUT2D eigenvalue weighted by Gasteiger charge is 2.17. The Morgan fingerprint density at radius 2 is 1.82 bits per heavy atom. The van der Waals surface area contributed by atoms with Gasteiger partial charge in [-0.25, -0.2) is 12.7 Å². The number of hydrogen-bond donors (Lipinski definition) is 0. The third-order valence-electron chi connectivity index (χ3n) is 3.82. The Hall–Kier alpha value is -3.15. The third kappa shape index (κ3) is 4.97. The molecule has 0 amide bonds. The Labute approximate surface area is 164 Å². The smallest absolute Gasteiger partial charge is 0.242 e. The molecule has 0 saturated heterocycles. The maximum Gasteiger partial charge on any atom is 0.242 e. The van der Waals surface area contributed by atoms with Crippen molar-refractivity contribution in [2.75, 3.05) is 27.8 Å². The molecule has 0 aliphatic heterocycles. The molecule has 146 valence electrons. The summed E-state index contributed by atoms with van der Waals surface area (Å²) in [6.45, 7) is -0.0937. The first-order valence-electron chi connectivity index (χ1n) is 8.22. The summed E-state index contributed by atoms with van der Waals surface area (Å²) in [6, 6.07) is 12.7. The van der Waals surface area contributed by atoms with Gasteiger partial charge in [-0.3, -0.25) is 4.79 Å². The van der Waals surface area contributed by atoms with E-state index in [1.54, 1.807) is 24.3 Å². The number of rotatable bonds is 8. The molecule has 0 bridgehead atoms. The maximum atomic E-state index is 12.3. The van der Waals surface area contributed by atoms with Gasteiger partial charge >= 0.3 is 0 Å². The van der Waals surface area contributed by atoms with E-state index < -0.39 is 10.0 Å². The molecular formula is C20H20N2O5S. The van der Waals surface area contributed by atoms with Crippen LogP contribution in [-0.4, -0.2) is 46.3 Å². The Balaban J connectivity index is 2.16. The van der Waals surface area contributed by atoms with Crippen LogP contribution in [0.2, 0.25) is 0 Å². The van der Waals surface area contributed by atoms with E-state index in [4.69, 9.17) is 14.7 Å². The first-order chi connectivity index (χ1) is 13.3. The van der Waals surface area contributed by atoms with Crippen molar-refractivity contribution < 1.29 is 22.7 Å². The normalized spacial score (nSPS) is 11.4. The zero-order valence-corrected chi connectivity index (χ0v) is 16.6. The van der Waals surface area contributed by atoms with Crippen LogP contribution in [-0.2, 0) is 10.0 Å². The van der Waals surface area contributed by atoms with E-state index in [2.05, 4.69) is 0 Å². The highest BCUT2D eigenvalue weighted by Crippen LogP contribution is 2.28. The van der Waals surface area contributed by atoms with Gasteiger partial charge in [0.2, 0.25) is 10.0 Å². The van der Waals surface area contributed by atoms with Crippen molar-refractivity contribution in [3.63, 3.8) is 0 Å². The van der Waals surface area contributed by atoms with Gasteiger partial charge in [0, 0.05) is 19.7 Å². The van der Waals surface area contributed by atoms with E-state index in [1.165, 1.54) is 51.5 Å². The number of methoxy groups -OCH3 is 1. The molecule has 0 fully saturated rings. The van der Waals surface area contributed by atoms with Crippen LogP contribution in [0.5, 0.6) is 11.5 Å². The molecule has 2 rings (SSSR count). The molecule has 0 saturated carbocycles. The molecule has 0 unspecified atom stereocenters. The number of carbonyl (C=O) groups is 1. The summed E-state index contributed by atoms with van der Waals surface area (Å²) in [5.74, 6) is 0.617. The largest absolute Gasteiger partial charge is 0.493 e. The molecule has 7 nitrogen and oxygen atoms in total. The number of hydrogen-bond acceptors (Lipinski definition) is 6. The Morgan fingerprint density at radius 3 is 2.39 bits per heavy atom. The number of allylic oxidation sites excluding steroid dienone is 1. The number of nitrogens with zero attached hydrogens (tertiary/aromatic N) is 2. The van der Waals surface area contributed by atoms with Crippen LogP contribution in [0.25, 0.3) is 6.08 Å². The summed E-state index contributed by atoms with van der Waals surface area (Å²) in [5, 5.41) is 8.59. The topological polar surface area (TPSA) is 96.7 Å². The molecular weight excluding hydrogens is 380 g/mol. The summed E-state index contributed by atoms with van der Waals surface area (Å²) in [4.78, 5) is 12.5. The lowest BCUT2D eigenvalue weighted by molar-refractivity contribution is 0.104. The zero-order valence-electron chi connectivity index (χ0n) is 15.7. The number of ether oxygens (including phenoxy) is 2. The molecule has 0 aliphatic carbocycles. The van der Waals surface area contributed by atoms with Crippen molar-refractivity contribution in [2.24, 2.45) is 0 Å². The predicted molar refractivity (Wildman–Crippen MR) is 105 cm³/mol. The van der Waals surface area contributed by atoms with E-state index >= 15 is 0 Å². The molecule has 0 radical (unpaired) electrons. The van der Waals surface area contributed by atoms with Gasteiger partial charge in [-0.1, -0.05) is 12.1 Å². The minimum atomic E-state index is -3.54. The van der Waals surface area contributed by atoms with Gasteiger partial charge in [-0.2, -0.15) is 5.26 Å². The molecule has 8 heteroatoms. The lowest BCUT2D eigenvalue weighted by atomic mass is 10.1. The molecule has 0 aromatic heterocycles. The number of nitriles is 1. The number of carbonyl (C=O) groups excluding carboxylic acids is 1. The lowest BCUT2D eigenvalue weighted by Crippen LogP contribution is -2.22. The summed E-state index contributed by atoms with van der Waals surface area (Å²) in [6.07, 6.45) is 3.00. The van der Waals surface area contributed by atoms with Gasteiger partial charge in [0.15, 0.2) is 23.9 Å². The van der Waals surface area contributed by atoms with Crippen molar-refractivity contribution in [3.8, 4) is 17.6 Å². The highest BCUT2D eigenvalue weighted by atomic mass is 32.2. The van der Waals surface area contributed by atoms with Crippen molar-refractivity contribution in [2.45, 2.75) is 4.90 Å². The second-order valence-corrected chi connectivity index (χ2v) is 8.02. The molecule has 0 atom stereocenters. The van der Waals surface area contributed by atoms with E-state index in [1.807, 2.05) is 6.07 Å². The molecule has 0 spiro atoms. The minimum Gasteiger partial charge on any atom is -0.493 e. The zero-order chi connectivity index (χ0) is 20.7. The van der Waals surface area contributed by atoms with E-state index in [9.17, 15) is 13.2 Å². The summed E-state index contributed by atoms with van der Waals surface area (Å²) < 4.78 is 35.7. The Bertz CT molecular complexity index is 1020. The number of benzene rings is 2. The number of sulfonamides is 1. The Morgan fingerprint density at radius 1 is 1.14 bits per heavy atom. The van der Waals surface area contributed by atoms with E-state index in [0.29, 0.717) is 22.6 Å². The highest BCUT2D eigenvalue weighted by molar-refractivity contribution is 7.89. The molecule has 0 heterocycles. The summed E-state index contributed by atoms with van der Waals surface area (Å²) in [5.41, 5.74) is 1.08. The quantitative estimate of drug-likeness (QED) is 0.499. The van der Waals surface area contributed by atoms with Gasteiger partial charge < -0.3 is 9.47 Å². The molecule has 0 N–H and O–H groups in total. The van der Waals surface area contributed by atoms with Crippen LogP contribution in [0, 0.1) is 11.3 Å². The van der Waals surface area contributed by atoms with Gasteiger partial charge in [-0.15, -0.1) is 0 Å². The van der Waals surface area contributed by atoms with Crippen LogP contribution in [0.3, 0.4) is 0 Å². The van der Waals surface area contributed by atoms with Crippen LogP contribution < -0.4 is 9.47 Å². The second kappa shape index (κ2) is 9.17. The first-order valence-corrected chi connectivity index (χ1v) is 9.66. The van der Waals surface area contributed by atoms with Gasteiger partial charge in [-0.05, 0) is 48.0 Å². The van der Waals surface area contributed by atoms with Gasteiger partial charge in [0.05, 0.1) is 12.0 Å². The molecule has 28 heavy (non-hydrogen) atoms. The lowest BCUT2D eigenvalue weighted by Gasteiger charge is -2.11. The van der Waals surface area contributed by atoms with Crippen LogP contribution >= 0.6 is 0 Å². The third-order valence-corrected chi connectivity index (χ3v) is 5.65. The van der Waals surface area contributed by atoms with Gasteiger partial charge in [0.1, 0.15) is 6.07 Å². The van der Waals surface area contributed by atoms with Crippen LogP contribution in [0.15, 0.2) is 53.4 Å². The molecule has 2 aromatic rings. The first kappa shape index (κ1) is 21.2. The van der Waals surface area contributed by atoms with Crippen molar-refractivity contribution in [1.29, 1.82) is 5.26 Å². The predicted octanol–water partition coefficient (Wildman–Crippen LogP) is 2.74. The fourth-order valence-electron chi connectivity index (χ4n) is 2.29. The fourth-order valence-corrected chi connectivity index (χ4v) is 3.19. The fraction of sp³-hybridized carbons (Fsp3) is 0.200. The summed E-state index contributed by atoms with van der Waals surface area (Å²) >= 11 is 0. The van der Waals surface area contributed by atoms with Crippen LogP contribution in [0.4, 0.5) is 0 Å². The van der Waals surface area contributed by atoms with E-state index in [-0.39, 0.29) is 17.3 Å². The standard InChI is InChI=1S/C20H20N2O5S/c1-22(2)28(24,25)17-8-6-16(7-9-17)18(23)10-4-15-5-11-19(27-13-12-21)20(14-15)26-3/h4-11,14H,13H2,1-3H3. The van der Waals surface area contributed by atoms with Crippen LogP contribution in [0.1, 0.15) is 15.9 Å². The average molecular weight is 400 g/mol. The van der Waals surface area contributed by atoms with Crippen molar-refractivity contribution in [3.05, 3.63) is 59.7 Å². The minimum absolute atomic E-state index is 0.0937. The van der Waals surface area contributed by atoms with E-state index in [0.717, 1.165) is 4.31 Å². The van der Waals surface area contributed by atoms with Gasteiger partial charge in [0.25, 0.3) is 0 Å².